The number of phenolic OH excluding ortho intramolecular Hbond substituents is 1. The average Bonchev–Trinajstić information content (AvgIpc) is 3.04. The summed E-state index contributed by atoms with van der Waals surface area (Å²) >= 11 is 6.50. The molecular weight excluding hydrogens is 468 g/mol. The summed E-state index contributed by atoms with van der Waals surface area (Å²) in [5, 5.41) is 21.4. The number of carboxylic acid groups (broad SMARTS) is 1. The number of phenols is 1. The molecule has 0 spiro atoms. The average molecular weight is 497 g/mol. The zero-order valence-corrected chi connectivity index (χ0v) is 20.2. The highest BCUT2D eigenvalue weighted by Crippen LogP contribution is 2.39. The fourth-order valence-corrected chi connectivity index (χ4v) is 4.44. The van der Waals surface area contributed by atoms with Crippen molar-refractivity contribution >= 4 is 52.2 Å². The number of amides is 2. The molecule has 1 saturated heterocycles. The van der Waals surface area contributed by atoms with Gasteiger partial charge in [-0.15, -0.1) is 0 Å². The Morgan fingerprint density at radius 2 is 1.79 bits per heavy atom. The summed E-state index contributed by atoms with van der Waals surface area (Å²) in [6.45, 7) is 0.831. The number of carboxylic acids is 1. The Kier molecular flexibility index (Phi) is 10.5. The molecule has 0 bridgehead atoms. The van der Waals surface area contributed by atoms with Crippen LogP contribution in [0.3, 0.4) is 0 Å². The molecule has 9 nitrogen and oxygen atoms in total. The standard InChI is InChI=1S/C22H28N2O7S2/c1-30-15-11-14(12-16(31-2)20(15)28)13-17-21(29)24(22(32)33-17)10-6-7-18(25)23-9-5-3-4-8-19(26)27/h11-13,28H,3-10H2,1-2H3,(H,23,25)(H,26,27)/b17-13-. The highest BCUT2D eigenvalue weighted by molar-refractivity contribution is 8.26. The summed E-state index contributed by atoms with van der Waals surface area (Å²) in [5.74, 6) is -0.837. The second-order valence-electron chi connectivity index (χ2n) is 7.27. The Balaban J connectivity index is 1.84. The van der Waals surface area contributed by atoms with E-state index in [9.17, 15) is 19.5 Å². The second kappa shape index (κ2) is 13.0. The number of ether oxygens (including phenoxy) is 2. The van der Waals surface area contributed by atoms with Gasteiger partial charge in [-0.1, -0.05) is 30.4 Å². The topological polar surface area (TPSA) is 125 Å². The number of unbranched alkanes of at least 4 members (excludes halogenated alkanes) is 2. The molecule has 1 heterocycles. The van der Waals surface area contributed by atoms with Crippen molar-refractivity contribution in [2.24, 2.45) is 0 Å². The number of aliphatic carboxylic acids is 1. The molecule has 0 aromatic heterocycles. The molecule has 33 heavy (non-hydrogen) atoms. The number of carbonyl (C=O) groups is 3. The SMILES string of the molecule is COc1cc(/C=C2\SC(=S)N(CCCC(=O)NCCCCCC(=O)O)C2=O)cc(OC)c1O. The van der Waals surface area contributed by atoms with E-state index in [-0.39, 0.29) is 41.9 Å². The van der Waals surface area contributed by atoms with Gasteiger partial charge in [0.25, 0.3) is 5.91 Å². The number of benzene rings is 1. The van der Waals surface area contributed by atoms with Crippen molar-refractivity contribution in [2.75, 3.05) is 27.3 Å². The Morgan fingerprint density at radius 3 is 2.39 bits per heavy atom. The molecule has 1 aromatic carbocycles. The zero-order valence-electron chi connectivity index (χ0n) is 18.6. The molecule has 1 aliphatic heterocycles. The maximum absolute atomic E-state index is 12.8. The Morgan fingerprint density at radius 1 is 1.12 bits per heavy atom. The van der Waals surface area contributed by atoms with Crippen molar-refractivity contribution in [2.45, 2.75) is 38.5 Å². The van der Waals surface area contributed by atoms with E-state index in [2.05, 4.69) is 5.32 Å². The quantitative estimate of drug-likeness (QED) is 0.214. The van der Waals surface area contributed by atoms with Crippen LogP contribution in [0.1, 0.15) is 44.1 Å². The van der Waals surface area contributed by atoms with Gasteiger partial charge in [0.2, 0.25) is 11.7 Å². The van der Waals surface area contributed by atoms with Gasteiger partial charge >= 0.3 is 5.97 Å². The van der Waals surface area contributed by atoms with Crippen LogP contribution in [-0.4, -0.2) is 64.5 Å². The molecule has 180 valence electrons. The third-order valence-corrected chi connectivity index (χ3v) is 6.23. The number of hydrogen-bond acceptors (Lipinski definition) is 8. The number of carbonyl (C=O) groups excluding carboxylic acids is 2. The van der Waals surface area contributed by atoms with Crippen molar-refractivity contribution in [3.8, 4) is 17.2 Å². The van der Waals surface area contributed by atoms with Crippen LogP contribution in [0.15, 0.2) is 17.0 Å². The van der Waals surface area contributed by atoms with Crippen LogP contribution < -0.4 is 14.8 Å². The molecule has 0 saturated carbocycles. The van der Waals surface area contributed by atoms with E-state index in [4.69, 9.17) is 26.8 Å². The Hall–Kier alpha value is -2.79. The number of nitrogens with zero attached hydrogens (tertiary/aromatic N) is 1. The number of aromatic hydroxyl groups is 1. The maximum atomic E-state index is 12.8. The molecule has 1 fully saturated rings. The predicted molar refractivity (Wildman–Crippen MR) is 129 cm³/mol. The van der Waals surface area contributed by atoms with Crippen molar-refractivity contribution in [3.63, 3.8) is 0 Å². The van der Waals surface area contributed by atoms with E-state index in [1.54, 1.807) is 18.2 Å². The van der Waals surface area contributed by atoms with E-state index in [0.717, 1.165) is 12.8 Å². The normalized spacial score (nSPS) is 14.6. The van der Waals surface area contributed by atoms with Crippen molar-refractivity contribution in [3.05, 3.63) is 22.6 Å². The van der Waals surface area contributed by atoms with Crippen LogP contribution in [0, 0.1) is 0 Å². The van der Waals surface area contributed by atoms with Gasteiger partial charge in [0.05, 0.1) is 19.1 Å². The molecule has 2 rings (SSSR count). The van der Waals surface area contributed by atoms with Crippen molar-refractivity contribution < 1.29 is 34.1 Å². The largest absolute Gasteiger partial charge is 0.502 e. The van der Waals surface area contributed by atoms with Crippen LogP contribution in [0.25, 0.3) is 6.08 Å². The van der Waals surface area contributed by atoms with E-state index in [1.165, 1.54) is 30.9 Å². The highest BCUT2D eigenvalue weighted by atomic mass is 32.2. The molecular formula is C22H28N2O7S2. The first-order chi connectivity index (χ1) is 15.8. The lowest BCUT2D eigenvalue weighted by Crippen LogP contribution is -2.30. The van der Waals surface area contributed by atoms with Gasteiger partial charge in [-0.2, -0.15) is 0 Å². The molecule has 11 heteroatoms. The Labute approximate surface area is 202 Å². The smallest absolute Gasteiger partial charge is 0.303 e. The summed E-state index contributed by atoms with van der Waals surface area (Å²) in [7, 11) is 2.85. The number of nitrogens with one attached hydrogen (secondary N) is 1. The summed E-state index contributed by atoms with van der Waals surface area (Å²) in [5.41, 5.74) is 0.615. The first kappa shape index (κ1) is 26.5. The van der Waals surface area contributed by atoms with Crippen LogP contribution in [0.4, 0.5) is 0 Å². The number of thiocarbonyl (C=S) groups is 1. The van der Waals surface area contributed by atoms with E-state index in [0.29, 0.717) is 40.7 Å². The molecule has 3 N–H and O–H groups in total. The molecule has 1 aromatic rings. The molecule has 0 aliphatic carbocycles. The number of rotatable bonds is 13. The molecule has 0 unspecified atom stereocenters. The van der Waals surface area contributed by atoms with Crippen LogP contribution in [0.2, 0.25) is 0 Å². The van der Waals surface area contributed by atoms with Gasteiger partial charge in [0, 0.05) is 25.9 Å². The Bertz CT molecular complexity index is 908. The van der Waals surface area contributed by atoms with Crippen molar-refractivity contribution in [1.82, 2.24) is 10.2 Å². The third kappa shape index (κ3) is 7.93. The number of methoxy groups -OCH3 is 2. The fraction of sp³-hybridized carbons (Fsp3) is 0.455. The lowest BCUT2D eigenvalue weighted by molar-refractivity contribution is -0.137. The van der Waals surface area contributed by atoms with Gasteiger partial charge in [-0.05, 0) is 43.0 Å². The summed E-state index contributed by atoms with van der Waals surface area (Å²) < 4.78 is 10.7. The minimum atomic E-state index is -0.813. The molecule has 0 atom stereocenters. The lowest BCUT2D eigenvalue weighted by atomic mass is 10.1. The van der Waals surface area contributed by atoms with Gasteiger partial charge in [-0.3, -0.25) is 19.3 Å². The first-order valence-electron chi connectivity index (χ1n) is 10.5. The minimum Gasteiger partial charge on any atom is -0.502 e. The first-order valence-corrected chi connectivity index (χ1v) is 11.7. The van der Waals surface area contributed by atoms with Crippen LogP contribution in [-0.2, 0) is 14.4 Å². The number of thioether (sulfide) groups is 1. The van der Waals surface area contributed by atoms with Gasteiger partial charge in [-0.25, -0.2) is 0 Å². The second-order valence-corrected chi connectivity index (χ2v) is 8.94. The fourth-order valence-electron chi connectivity index (χ4n) is 3.13. The van der Waals surface area contributed by atoms with E-state index in [1.807, 2.05) is 0 Å². The summed E-state index contributed by atoms with van der Waals surface area (Å²) in [6, 6.07) is 3.19. The monoisotopic (exact) mass is 496 g/mol. The molecule has 2 amide bonds. The molecule has 1 aliphatic rings. The predicted octanol–water partition coefficient (Wildman–Crippen LogP) is 3.15. The van der Waals surface area contributed by atoms with Gasteiger partial charge < -0.3 is 25.0 Å². The minimum absolute atomic E-state index is 0.113. The highest BCUT2D eigenvalue weighted by Gasteiger charge is 2.31. The number of hydrogen-bond donors (Lipinski definition) is 3. The lowest BCUT2D eigenvalue weighted by Gasteiger charge is -2.14. The van der Waals surface area contributed by atoms with Crippen LogP contribution in [0.5, 0.6) is 17.2 Å². The third-order valence-electron chi connectivity index (χ3n) is 4.85. The van der Waals surface area contributed by atoms with Gasteiger partial charge in [0.1, 0.15) is 4.32 Å². The van der Waals surface area contributed by atoms with Gasteiger partial charge in [0.15, 0.2) is 11.5 Å². The molecule has 0 radical (unpaired) electrons. The van der Waals surface area contributed by atoms with Crippen molar-refractivity contribution in [1.29, 1.82) is 0 Å². The summed E-state index contributed by atoms with van der Waals surface area (Å²) in [4.78, 5) is 37.1. The van der Waals surface area contributed by atoms with Crippen LogP contribution >= 0.6 is 24.0 Å². The maximum Gasteiger partial charge on any atom is 0.303 e. The van der Waals surface area contributed by atoms with E-state index < -0.39 is 5.97 Å². The zero-order chi connectivity index (χ0) is 24.4. The summed E-state index contributed by atoms with van der Waals surface area (Å²) in [6.07, 6.45) is 4.58. The van der Waals surface area contributed by atoms with E-state index >= 15 is 0 Å².